The Balaban J connectivity index is 2.52. The molecule has 2 rings (SSSR count). The maximum absolute atomic E-state index is 6.20. The summed E-state index contributed by atoms with van der Waals surface area (Å²) in [7, 11) is 0. The summed E-state index contributed by atoms with van der Waals surface area (Å²) in [6.45, 7) is 5.91. The van der Waals surface area contributed by atoms with E-state index in [0.29, 0.717) is 11.0 Å². The van der Waals surface area contributed by atoms with Crippen LogP contribution in [0.25, 0.3) is 5.82 Å². The van der Waals surface area contributed by atoms with Gasteiger partial charge >= 0.3 is 0 Å². The highest BCUT2D eigenvalue weighted by Crippen LogP contribution is 2.21. The average molecular weight is 237 g/mol. The first-order valence-electron chi connectivity index (χ1n) is 5.18. The van der Waals surface area contributed by atoms with Crippen LogP contribution >= 0.6 is 11.6 Å². The fourth-order valence-corrected chi connectivity index (χ4v) is 1.74. The summed E-state index contributed by atoms with van der Waals surface area (Å²) < 4.78 is 1.63. The molecule has 0 aromatic carbocycles. The number of halogens is 1. The SMILES string of the molecule is CCc1nn(-c2ccc(C)nn2)c(Cl)c1C. The summed E-state index contributed by atoms with van der Waals surface area (Å²) >= 11 is 6.20. The van der Waals surface area contributed by atoms with Crippen molar-refractivity contribution in [1.29, 1.82) is 0 Å². The van der Waals surface area contributed by atoms with Gasteiger partial charge in [0.1, 0.15) is 5.15 Å². The molecule has 0 atom stereocenters. The van der Waals surface area contributed by atoms with E-state index in [0.717, 1.165) is 23.4 Å². The van der Waals surface area contributed by atoms with Gasteiger partial charge in [-0.1, -0.05) is 18.5 Å². The van der Waals surface area contributed by atoms with Crippen LogP contribution < -0.4 is 0 Å². The van der Waals surface area contributed by atoms with E-state index in [4.69, 9.17) is 11.6 Å². The number of aryl methyl sites for hydroxylation is 2. The third kappa shape index (κ3) is 1.80. The monoisotopic (exact) mass is 236 g/mol. The molecular weight excluding hydrogens is 224 g/mol. The van der Waals surface area contributed by atoms with Crippen LogP contribution in [0.2, 0.25) is 5.15 Å². The van der Waals surface area contributed by atoms with E-state index in [1.165, 1.54) is 0 Å². The Kier molecular flexibility index (Phi) is 2.92. The Morgan fingerprint density at radius 2 is 2.00 bits per heavy atom. The predicted octanol–water partition coefficient (Wildman–Crippen LogP) is 2.49. The molecule has 0 unspecified atom stereocenters. The summed E-state index contributed by atoms with van der Waals surface area (Å²) in [6.07, 6.45) is 0.859. The van der Waals surface area contributed by atoms with Crippen LogP contribution in [-0.2, 0) is 6.42 Å². The smallest absolute Gasteiger partial charge is 0.177 e. The summed E-state index contributed by atoms with van der Waals surface area (Å²) in [5.74, 6) is 0.651. The maximum Gasteiger partial charge on any atom is 0.177 e. The van der Waals surface area contributed by atoms with Crippen LogP contribution in [0.1, 0.15) is 23.9 Å². The van der Waals surface area contributed by atoms with Gasteiger partial charge in [-0.15, -0.1) is 5.10 Å². The molecule has 5 heteroatoms. The number of rotatable bonds is 2. The van der Waals surface area contributed by atoms with E-state index in [-0.39, 0.29) is 0 Å². The van der Waals surface area contributed by atoms with Gasteiger partial charge in [0.15, 0.2) is 5.82 Å². The van der Waals surface area contributed by atoms with Gasteiger partial charge in [0.2, 0.25) is 0 Å². The van der Waals surface area contributed by atoms with Crippen molar-refractivity contribution >= 4 is 11.6 Å². The zero-order valence-corrected chi connectivity index (χ0v) is 10.3. The van der Waals surface area contributed by atoms with Crippen molar-refractivity contribution in [3.8, 4) is 5.82 Å². The molecule has 0 bridgehead atoms. The van der Waals surface area contributed by atoms with Crippen molar-refractivity contribution < 1.29 is 0 Å². The molecule has 84 valence electrons. The van der Waals surface area contributed by atoms with Gasteiger partial charge in [0.05, 0.1) is 11.4 Å². The molecule has 4 nitrogen and oxygen atoms in total. The zero-order valence-electron chi connectivity index (χ0n) is 9.53. The highest BCUT2D eigenvalue weighted by molar-refractivity contribution is 6.30. The van der Waals surface area contributed by atoms with Crippen LogP contribution in [0, 0.1) is 13.8 Å². The predicted molar refractivity (Wildman–Crippen MR) is 63.0 cm³/mol. The molecule has 2 aromatic heterocycles. The van der Waals surface area contributed by atoms with Crippen molar-refractivity contribution in [3.05, 3.63) is 34.2 Å². The Morgan fingerprint density at radius 3 is 2.50 bits per heavy atom. The molecule has 0 aliphatic rings. The Hall–Kier alpha value is -1.42. The quantitative estimate of drug-likeness (QED) is 0.805. The van der Waals surface area contributed by atoms with Gasteiger partial charge < -0.3 is 0 Å². The first-order valence-corrected chi connectivity index (χ1v) is 5.56. The van der Waals surface area contributed by atoms with Gasteiger partial charge in [0.25, 0.3) is 0 Å². The third-order valence-electron chi connectivity index (χ3n) is 2.48. The molecule has 0 fully saturated rings. The van der Waals surface area contributed by atoms with E-state index in [2.05, 4.69) is 22.2 Å². The van der Waals surface area contributed by atoms with Gasteiger partial charge in [-0.3, -0.25) is 0 Å². The van der Waals surface area contributed by atoms with Crippen molar-refractivity contribution in [2.45, 2.75) is 27.2 Å². The van der Waals surface area contributed by atoms with Crippen LogP contribution in [0.4, 0.5) is 0 Å². The molecule has 0 amide bonds. The molecule has 0 aliphatic heterocycles. The van der Waals surface area contributed by atoms with E-state index in [1.54, 1.807) is 4.68 Å². The number of hydrogen-bond donors (Lipinski definition) is 0. The third-order valence-corrected chi connectivity index (χ3v) is 2.93. The number of hydrogen-bond acceptors (Lipinski definition) is 3. The lowest BCUT2D eigenvalue weighted by atomic mass is 10.2. The highest BCUT2D eigenvalue weighted by atomic mass is 35.5. The van der Waals surface area contributed by atoms with Crippen molar-refractivity contribution in [2.24, 2.45) is 0 Å². The van der Waals surface area contributed by atoms with Crippen molar-refractivity contribution in [2.75, 3.05) is 0 Å². The molecule has 0 N–H and O–H groups in total. The molecule has 2 heterocycles. The van der Waals surface area contributed by atoms with Gasteiger partial charge in [-0.05, 0) is 32.4 Å². The highest BCUT2D eigenvalue weighted by Gasteiger charge is 2.13. The minimum absolute atomic E-state index is 0.606. The summed E-state index contributed by atoms with van der Waals surface area (Å²) in [6, 6.07) is 3.75. The van der Waals surface area contributed by atoms with Crippen LogP contribution in [0.3, 0.4) is 0 Å². The van der Waals surface area contributed by atoms with E-state index in [9.17, 15) is 0 Å². The molecule has 0 spiro atoms. The molecule has 0 radical (unpaired) electrons. The Labute approximate surface area is 99.3 Å². The van der Waals surface area contributed by atoms with Crippen molar-refractivity contribution in [1.82, 2.24) is 20.0 Å². The average Bonchev–Trinajstić information content (AvgIpc) is 2.57. The van der Waals surface area contributed by atoms with Crippen LogP contribution in [0.15, 0.2) is 12.1 Å². The molecule has 0 aliphatic carbocycles. The fraction of sp³-hybridized carbons (Fsp3) is 0.364. The molecular formula is C11H13ClN4. The molecule has 0 saturated heterocycles. The lowest BCUT2D eigenvalue weighted by Crippen LogP contribution is -2.02. The maximum atomic E-state index is 6.20. The summed E-state index contributed by atoms with van der Waals surface area (Å²) in [5, 5.41) is 13.1. The van der Waals surface area contributed by atoms with Crippen LogP contribution in [-0.4, -0.2) is 20.0 Å². The second-order valence-corrected chi connectivity index (χ2v) is 4.02. The molecule has 0 saturated carbocycles. The first kappa shape index (κ1) is 11.1. The number of nitrogens with zero attached hydrogens (tertiary/aromatic N) is 4. The van der Waals surface area contributed by atoms with E-state index < -0.39 is 0 Å². The number of aromatic nitrogens is 4. The lowest BCUT2D eigenvalue weighted by Gasteiger charge is -2.00. The minimum Gasteiger partial charge on any atom is -0.201 e. The summed E-state index contributed by atoms with van der Waals surface area (Å²) in [5.41, 5.74) is 2.87. The van der Waals surface area contributed by atoms with Gasteiger partial charge in [-0.25, -0.2) is 4.68 Å². The van der Waals surface area contributed by atoms with E-state index >= 15 is 0 Å². The normalized spacial score (nSPS) is 10.8. The van der Waals surface area contributed by atoms with Crippen molar-refractivity contribution in [3.63, 3.8) is 0 Å². The fourth-order valence-electron chi connectivity index (χ4n) is 1.51. The standard InChI is InChI=1S/C11H13ClN4/c1-4-9-8(3)11(12)16(15-9)10-6-5-7(2)13-14-10/h5-6H,4H2,1-3H3. The topological polar surface area (TPSA) is 43.6 Å². The minimum atomic E-state index is 0.606. The first-order chi connectivity index (χ1) is 7.63. The lowest BCUT2D eigenvalue weighted by molar-refractivity contribution is 0.786. The Bertz CT molecular complexity index is 501. The Morgan fingerprint density at radius 1 is 1.25 bits per heavy atom. The second kappa shape index (κ2) is 4.22. The molecule has 2 aromatic rings. The van der Waals surface area contributed by atoms with Gasteiger partial charge in [-0.2, -0.15) is 10.2 Å². The second-order valence-electron chi connectivity index (χ2n) is 3.66. The van der Waals surface area contributed by atoms with Gasteiger partial charge in [0, 0.05) is 5.56 Å². The summed E-state index contributed by atoms with van der Waals surface area (Å²) in [4.78, 5) is 0. The molecule has 16 heavy (non-hydrogen) atoms. The van der Waals surface area contributed by atoms with Crippen LogP contribution in [0.5, 0.6) is 0 Å². The largest absolute Gasteiger partial charge is 0.201 e. The zero-order chi connectivity index (χ0) is 11.7. The van der Waals surface area contributed by atoms with E-state index in [1.807, 2.05) is 26.0 Å².